The summed E-state index contributed by atoms with van der Waals surface area (Å²) in [4.78, 5) is 16.8. The molecule has 0 spiro atoms. The zero-order chi connectivity index (χ0) is 15.7. The lowest BCUT2D eigenvalue weighted by Gasteiger charge is -2.30. The molecule has 0 saturated carbocycles. The van der Waals surface area contributed by atoms with E-state index >= 15 is 0 Å². The molecule has 110 valence electrons. The molecule has 0 fully saturated rings. The molecule has 0 unspecified atom stereocenters. The van der Waals surface area contributed by atoms with Gasteiger partial charge in [0.05, 0.1) is 11.6 Å². The first-order chi connectivity index (χ1) is 10.6. The third-order valence-corrected chi connectivity index (χ3v) is 3.69. The summed E-state index contributed by atoms with van der Waals surface area (Å²) in [7, 11) is 0. The largest absolute Gasteiger partial charge is 0.477 e. The minimum absolute atomic E-state index is 0.0322. The number of fused-ring (bicyclic) bond motifs is 1. The summed E-state index contributed by atoms with van der Waals surface area (Å²) in [5.74, 6) is -1.49. The van der Waals surface area contributed by atoms with Crippen LogP contribution in [0.2, 0.25) is 0 Å². The maximum Gasteiger partial charge on any atom is 0.354 e. The highest BCUT2D eigenvalue weighted by Gasteiger charge is 2.19. The Morgan fingerprint density at radius 2 is 2.14 bits per heavy atom. The van der Waals surface area contributed by atoms with E-state index in [-0.39, 0.29) is 11.3 Å². The smallest absolute Gasteiger partial charge is 0.354 e. The molecule has 3 rings (SSSR count). The first-order valence-electron chi connectivity index (χ1n) is 6.73. The van der Waals surface area contributed by atoms with Gasteiger partial charge >= 0.3 is 5.97 Å². The van der Waals surface area contributed by atoms with Crippen molar-refractivity contribution < 1.29 is 14.3 Å². The van der Waals surface area contributed by atoms with E-state index in [1.54, 1.807) is 18.3 Å². The van der Waals surface area contributed by atoms with Crippen LogP contribution in [0.3, 0.4) is 0 Å². The van der Waals surface area contributed by atoms with Crippen LogP contribution in [0.5, 0.6) is 0 Å². The van der Waals surface area contributed by atoms with E-state index in [0.29, 0.717) is 25.2 Å². The molecule has 2 heterocycles. The van der Waals surface area contributed by atoms with E-state index in [4.69, 9.17) is 10.4 Å². The number of nitriles is 1. The molecule has 5 nitrogen and oxygen atoms in total. The molecule has 1 aliphatic rings. The number of hydrogen-bond donors (Lipinski definition) is 1. The first-order valence-corrected chi connectivity index (χ1v) is 6.73. The van der Waals surface area contributed by atoms with Crippen molar-refractivity contribution >= 4 is 11.7 Å². The van der Waals surface area contributed by atoms with Crippen molar-refractivity contribution in [1.82, 2.24) is 4.98 Å². The zero-order valence-corrected chi connectivity index (χ0v) is 11.6. The van der Waals surface area contributed by atoms with Gasteiger partial charge in [0.25, 0.3) is 0 Å². The monoisotopic (exact) mass is 297 g/mol. The van der Waals surface area contributed by atoms with Gasteiger partial charge in [0.2, 0.25) is 0 Å². The van der Waals surface area contributed by atoms with E-state index in [0.717, 1.165) is 11.1 Å². The second kappa shape index (κ2) is 5.45. The highest BCUT2D eigenvalue weighted by Crippen LogP contribution is 2.26. The number of aromatic carboxylic acids is 1. The molecule has 0 radical (unpaired) electrons. The van der Waals surface area contributed by atoms with Gasteiger partial charge < -0.3 is 10.0 Å². The Morgan fingerprint density at radius 3 is 2.86 bits per heavy atom. The number of aromatic nitrogens is 1. The second-order valence-electron chi connectivity index (χ2n) is 5.12. The van der Waals surface area contributed by atoms with Crippen molar-refractivity contribution in [2.75, 3.05) is 11.4 Å². The number of carbonyl (C=O) groups is 1. The average Bonchev–Trinajstić information content (AvgIpc) is 2.53. The first kappa shape index (κ1) is 14.0. The fraction of sp³-hybridized carbons (Fsp3) is 0.188. The summed E-state index contributed by atoms with van der Waals surface area (Å²) in [6, 6.07) is 7.76. The highest BCUT2D eigenvalue weighted by atomic mass is 19.1. The van der Waals surface area contributed by atoms with E-state index in [9.17, 15) is 9.18 Å². The van der Waals surface area contributed by atoms with Crippen molar-refractivity contribution in [2.24, 2.45) is 0 Å². The summed E-state index contributed by atoms with van der Waals surface area (Å²) in [5.41, 5.74) is 2.81. The Hall–Kier alpha value is -2.94. The fourth-order valence-electron chi connectivity index (χ4n) is 2.60. The number of anilines is 1. The van der Waals surface area contributed by atoms with Crippen LogP contribution in [-0.4, -0.2) is 22.6 Å². The Kier molecular flexibility index (Phi) is 3.47. The van der Waals surface area contributed by atoms with Gasteiger partial charge in [0.1, 0.15) is 11.5 Å². The molecule has 0 bridgehead atoms. The van der Waals surface area contributed by atoms with Crippen LogP contribution in [-0.2, 0) is 13.0 Å². The molecular formula is C16H12FN3O2. The summed E-state index contributed by atoms with van der Waals surface area (Å²) < 4.78 is 13.6. The van der Waals surface area contributed by atoms with Crippen molar-refractivity contribution in [1.29, 1.82) is 5.26 Å². The fourth-order valence-corrected chi connectivity index (χ4v) is 2.60. The molecule has 0 amide bonds. The third-order valence-electron chi connectivity index (χ3n) is 3.69. The molecule has 1 N–H and O–H groups in total. The summed E-state index contributed by atoms with van der Waals surface area (Å²) in [6.07, 6.45) is 2.20. The van der Waals surface area contributed by atoms with E-state index in [1.807, 2.05) is 11.0 Å². The molecule has 1 aromatic carbocycles. The number of pyridine rings is 1. The summed E-state index contributed by atoms with van der Waals surface area (Å²) >= 11 is 0. The van der Waals surface area contributed by atoms with Gasteiger partial charge in [-0.1, -0.05) is 0 Å². The van der Waals surface area contributed by atoms with E-state index < -0.39 is 11.8 Å². The number of nitrogens with zero attached hydrogens (tertiary/aromatic N) is 3. The standard InChI is InChI=1S/C16H12FN3O2/c17-13-3-10(7-18)4-14(6-13)20-2-1-11-5-15(16(21)22)19-8-12(11)9-20/h3-6,8H,1-2,9H2,(H,21,22). The van der Waals surface area contributed by atoms with Gasteiger partial charge in [-0.2, -0.15) is 5.26 Å². The molecule has 0 atom stereocenters. The van der Waals surface area contributed by atoms with E-state index in [1.165, 1.54) is 12.1 Å². The van der Waals surface area contributed by atoms with Gasteiger partial charge in [0, 0.05) is 25.0 Å². The Morgan fingerprint density at radius 1 is 1.32 bits per heavy atom. The Bertz CT molecular complexity index is 798. The molecule has 2 aromatic rings. The number of rotatable bonds is 2. The van der Waals surface area contributed by atoms with Crippen LogP contribution in [0.4, 0.5) is 10.1 Å². The topological polar surface area (TPSA) is 77.2 Å². The summed E-state index contributed by atoms with van der Waals surface area (Å²) in [5, 5.41) is 17.9. The minimum Gasteiger partial charge on any atom is -0.477 e. The van der Waals surface area contributed by atoms with Crippen LogP contribution >= 0.6 is 0 Å². The highest BCUT2D eigenvalue weighted by molar-refractivity contribution is 5.85. The number of carboxylic acid groups (broad SMARTS) is 1. The van der Waals surface area contributed by atoms with Gasteiger partial charge in [-0.15, -0.1) is 0 Å². The Labute approximate surface area is 126 Å². The normalized spacial score (nSPS) is 13.4. The predicted molar refractivity (Wildman–Crippen MR) is 77.1 cm³/mol. The maximum absolute atomic E-state index is 13.6. The Balaban J connectivity index is 1.90. The SMILES string of the molecule is N#Cc1cc(F)cc(N2CCc3cc(C(=O)O)ncc3C2)c1. The average molecular weight is 297 g/mol. The number of hydrogen-bond acceptors (Lipinski definition) is 4. The van der Waals surface area contributed by atoms with Crippen LogP contribution in [0.1, 0.15) is 27.2 Å². The second-order valence-corrected chi connectivity index (χ2v) is 5.12. The number of halogens is 1. The molecule has 0 saturated heterocycles. The van der Waals surface area contributed by atoms with Crippen molar-refractivity contribution in [3.63, 3.8) is 0 Å². The number of carboxylic acids is 1. The molecule has 1 aromatic heterocycles. The van der Waals surface area contributed by atoms with Gasteiger partial charge in [-0.3, -0.25) is 0 Å². The molecule has 6 heteroatoms. The van der Waals surface area contributed by atoms with E-state index in [2.05, 4.69) is 4.98 Å². The molecule has 1 aliphatic heterocycles. The van der Waals surface area contributed by atoms with Crippen LogP contribution < -0.4 is 4.90 Å². The van der Waals surface area contributed by atoms with Gasteiger partial charge in [0.15, 0.2) is 0 Å². The lowest BCUT2D eigenvalue weighted by Crippen LogP contribution is -2.31. The summed E-state index contributed by atoms with van der Waals surface area (Å²) in [6.45, 7) is 1.14. The minimum atomic E-state index is -1.05. The zero-order valence-electron chi connectivity index (χ0n) is 11.6. The third kappa shape index (κ3) is 2.61. The molecule has 22 heavy (non-hydrogen) atoms. The predicted octanol–water partition coefficient (Wildman–Crippen LogP) is 2.35. The van der Waals surface area contributed by atoms with Gasteiger partial charge in [-0.05, 0) is 41.8 Å². The van der Waals surface area contributed by atoms with Crippen LogP contribution in [0.15, 0.2) is 30.5 Å². The van der Waals surface area contributed by atoms with Crippen molar-refractivity contribution in [3.05, 3.63) is 58.7 Å². The van der Waals surface area contributed by atoms with Crippen molar-refractivity contribution in [2.45, 2.75) is 13.0 Å². The van der Waals surface area contributed by atoms with Crippen LogP contribution in [0, 0.1) is 17.1 Å². The molecular weight excluding hydrogens is 285 g/mol. The lowest BCUT2D eigenvalue weighted by molar-refractivity contribution is 0.0690. The van der Waals surface area contributed by atoms with Crippen molar-refractivity contribution in [3.8, 4) is 6.07 Å². The number of benzene rings is 1. The quantitative estimate of drug-likeness (QED) is 0.920. The molecule has 0 aliphatic carbocycles. The lowest BCUT2D eigenvalue weighted by atomic mass is 10.00. The van der Waals surface area contributed by atoms with Gasteiger partial charge in [-0.25, -0.2) is 14.2 Å². The van der Waals surface area contributed by atoms with Crippen LogP contribution in [0.25, 0.3) is 0 Å². The maximum atomic E-state index is 13.6.